The van der Waals surface area contributed by atoms with Crippen molar-refractivity contribution in [2.24, 2.45) is 0 Å². The molecule has 0 unspecified atom stereocenters. The zero-order valence-electron chi connectivity index (χ0n) is 11.8. The summed E-state index contributed by atoms with van der Waals surface area (Å²) in [4.78, 5) is 16.0. The van der Waals surface area contributed by atoms with Crippen molar-refractivity contribution in [1.29, 1.82) is 0 Å². The second-order valence-corrected chi connectivity index (χ2v) is 4.34. The number of hydrogen-bond acceptors (Lipinski definition) is 4. The van der Waals surface area contributed by atoms with Gasteiger partial charge >= 0.3 is 0 Å². The number of imidazole rings is 2. The highest BCUT2D eigenvalue weighted by Gasteiger charge is 1.92. The van der Waals surface area contributed by atoms with E-state index in [2.05, 4.69) is 19.9 Å². The summed E-state index contributed by atoms with van der Waals surface area (Å²) in [5, 5.41) is 0. The third-order valence-corrected chi connectivity index (χ3v) is 2.87. The molecule has 4 heterocycles. The third kappa shape index (κ3) is 3.43. The van der Waals surface area contributed by atoms with Crippen LogP contribution in [-0.4, -0.2) is 29.1 Å². The molecule has 0 amide bonds. The first-order chi connectivity index (χ1) is 10.9. The highest BCUT2D eigenvalue weighted by molar-refractivity contribution is 5.26. The van der Waals surface area contributed by atoms with Crippen molar-refractivity contribution in [2.45, 2.75) is 0 Å². The van der Waals surface area contributed by atoms with Gasteiger partial charge in [-0.05, 0) is 24.3 Å². The molecule has 0 saturated carbocycles. The average Bonchev–Trinajstić information content (AvgIpc) is 3.31. The molecule has 108 valence electrons. The topological polar surface area (TPSA) is 61.4 Å². The molecule has 0 aliphatic heterocycles. The number of aromatic nitrogens is 6. The summed E-state index contributed by atoms with van der Waals surface area (Å²) >= 11 is 0. The van der Waals surface area contributed by atoms with Crippen LogP contribution in [0.5, 0.6) is 0 Å². The van der Waals surface area contributed by atoms with Gasteiger partial charge in [-0.1, -0.05) is 6.07 Å². The van der Waals surface area contributed by atoms with Gasteiger partial charge in [0.15, 0.2) is 0 Å². The lowest BCUT2D eigenvalue weighted by Crippen LogP contribution is -1.91. The minimum atomic E-state index is 0.894. The van der Waals surface area contributed by atoms with Gasteiger partial charge in [-0.15, -0.1) is 0 Å². The smallest absolute Gasteiger partial charge is 0.137 e. The molecule has 0 fully saturated rings. The van der Waals surface area contributed by atoms with Crippen LogP contribution < -0.4 is 0 Å². The van der Waals surface area contributed by atoms with Crippen molar-refractivity contribution in [2.75, 3.05) is 0 Å². The van der Waals surface area contributed by atoms with Crippen LogP contribution in [-0.2, 0) is 0 Å². The van der Waals surface area contributed by atoms with Gasteiger partial charge in [0.05, 0.1) is 18.2 Å². The number of rotatable bonds is 2. The van der Waals surface area contributed by atoms with E-state index in [1.54, 1.807) is 43.6 Å². The lowest BCUT2D eigenvalue weighted by molar-refractivity contribution is 0.993. The molecular formula is C16H14N6. The molecule has 0 N–H and O–H groups in total. The van der Waals surface area contributed by atoms with Gasteiger partial charge in [0.1, 0.15) is 12.1 Å². The molecule has 0 bridgehead atoms. The van der Waals surface area contributed by atoms with E-state index in [0.29, 0.717) is 0 Å². The first kappa shape index (κ1) is 13.7. The molecule has 4 rings (SSSR count). The molecule has 4 aromatic rings. The summed E-state index contributed by atoms with van der Waals surface area (Å²) in [6, 6.07) is 9.65. The van der Waals surface area contributed by atoms with Crippen LogP contribution in [0.2, 0.25) is 0 Å². The molecule has 0 radical (unpaired) electrons. The van der Waals surface area contributed by atoms with Crippen LogP contribution >= 0.6 is 0 Å². The molecule has 6 heteroatoms. The van der Waals surface area contributed by atoms with E-state index >= 15 is 0 Å². The Balaban J connectivity index is 0.000000131. The highest BCUT2D eigenvalue weighted by atomic mass is 15.1. The predicted molar refractivity (Wildman–Crippen MR) is 82.7 cm³/mol. The van der Waals surface area contributed by atoms with Gasteiger partial charge < -0.3 is 4.57 Å². The fourth-order valence-corrected chi connectivity index (χ4v) is 1.82. The summed E-state index contributed by atoms with van der Waals surface area (Å²) in [6.07, 6.45) is 16.0. The maximum atomic E-state index is 4.14. The van der Waals surface area contributed by atoms with E-state index in [4.69, 9.17) is 0 Å². The minimum absolute atomic E-state index is 0.894. The first-order valence-corrected chi connectivity index (χ1v) is 6.71. The fourth-order valence-electron chi connectivity index (χ4n) is 1.82. The zero-order valence-corrected chi connectivity index (χ0v) is 11.8. The Morgan fingerprint density at radius 2 is 1.50 bits per heavy atom. The van der Waals surface area contributed by atoms with Crippen LogP contribution in [0.25, 0.3) is 11.5 Å². The SMILES string of the molecule is c1ccc(-n2ccnc2)nc1.c1cncc(-n2ccnc2)c1. The standard InChI is InChI=1S/2C8H7N3/c1-2-8(6-9-3-1)11-5-4-10-7-11;1-2-4-10-8(3-1)11-6-5-9-7-11/h2*1-7H. The van der Waals surface area contributed by atoms with Crippen LogP contribution in [0.1, 0.15) is 0 Å². The van der Waals surface area contributed by atoms with Crippen molar-refractivity contribution in [1.82, 2.24) is 29.1 Å². The number of nitrogens with zero attached hydrogens (tertiary/aromatic N) is 6. The Kier molecular flexibility index (Phi) is 4.32. The van der Waals surface area contributed by atoms with Crippen molar-refractivity contribution in [3.8, 4) is 11.5 Å². The molecular weight excluding hydrogens is 276 g/mol. The van der Waals surface area contributed by atoms with E-state index in [1.807, 2.05) is 51.9 Å². The van der Waals surface area contributed by atoms with E-state index in [1.165, 1.54) is 0 Å². The Morgan fingerprint density at radius 3 is 2.09 bits per heavy atom. The van der Waals surface area contributed by atoms with Gasteiger partial charge in [0.25, 0.3) is 0 Å². The molecule has 0 aromatic carbocycles. The van der Waals surface area contributed by atoms with E-state index in [-0.39, 0.29) is 0 Å². The second kappa shape index (κ2) is 6.94. The highest BCUT2D eigenvalue weighted by Crippen LogP contribution is 2.02. The average molecular weight is 290 g/mol. The van der Waals surface area contributed by atoms with Gasteiger partial charge in [0.2, 0.25) is 0 Å². The molecule has 0 aliphatic rings. The molecule has 0 saturated heterocycles. The van der Waals surface area contributed by atoms with Crippen molar-refractivity contribution in [3.05, 3.63) is 86.4 Å². The third-order valence-electron chi connectivity index (χ3n) is 2.87. The fraction of sp³-hybridized carbons (Fsp3) is 0. The van der Waals surface area contributed by atoms with Crippen molar-refractivity contribution in [3.63, 3.8) is 0 Å². The van der Waals surface area contributed by atoms with Crippen molar-refractivity contribution >= 4 is 0 Å². The van der Waals surface area contributed by atoms with E-state index < -0.39 is 0 Å². The molecule has 0 spiro atoms. The lowest BCUT2D eigenvalue weighted by atomic mass is 10.4. The quantitative estimate of drug-likeness (QED) is 0.569. The van der Waals surface area contributed by atoms with Gasteiger partial charge in [-0.2, -0.15) is 0 Å². The van der Waals surface area contributed by atoms with Gasteiger partial charge in [-0.25, -0.2) is 15.0 Å². The largest absolute Gasteiger partial charge is 0.305 e. The van der Waals surface area contributed by atoms with E-state index in [0.717, 1.165) is 11.5 Å². The van der Waals surface area contributed by atoms with Gasteiger partial charge in [-0.3, -0.25) is 9.55 Å². The number of hydrogen-bond donors (Lipinski definition) is 0. The zero-order chi connectivity index (χ0) is 15.0. The predicted octanol–water partition coefficient (Wildman–Crippen LogP) is 2.53. The normalized spacial score (nSPS) is 9.82. The second-order valence-electron chi connectivity index (χ2n) is 4.34. The maximum absolute atomic E-state index is 4.14. The summed E-state index contributed by atoms with van der Waals surface area (Å²) in [6.45, 7) is 0. The molecule has 6 nitrogen and oxygen atoms in total. The summed E-state index contributed by atoms with van der Waals surface area (Å²) in [5.74, 6) is 0.894. The Hall–Kier alpha value is -3.28. The van der Waals surface area contributed by atoms with Crippen LogP contribution in [0.4, 0.5) is 0 Å². The minimum Gasteiger partial charge on any atom is -0.305 e. The Morgan fingerprint density at radius 1 is 0.682 bits per heavy atom. The maximum Gasteiger partial charge on any atom is 0.137 e. The van der Waals surface area contributed by atoms with Gasteiger partial charge in [0, 0.05) is 37.2 Å². The lowest BCUT2D eigenvalue weighted by Gasteiger charge is -1.97. The Labute approximate surface area is 127 Å². The first-order valence-electron chi connectivity index (χ1n) is 6.71. The van der Waals surface area contributed by atoms with E-state index in [9.17, 15) is 0 Å². The molecule has 0 aliphatic carbocycles. The monoisotopic (exact) mass is 290 g/mol. The molecule has 22 heavy (non-hydrogen) atoms. The number of pyridine rings is 2. The van der Waals surface area contributed by atoms with Crippen LogP contribution in [0, 0.1) is 0 Å². The van der Waals surface area contributed by atoms with Crippen LogP contribution in [0.3, 0.4) is 0 Å². The summed E-state index contributed by atoms with van der Waals surface area (Å²) in [7, 11) is 0. The summed E-state index contributed by atoms with van der Waals surface area (Å²) in [5.41, 5.74) is 1.03. The van der Waals surface area contributed by atoms with Crippen molar-refractivity contribution < 1.29 is 0 Å². The Bertz CT molecular complexity index is 694. The van der Waals surface area contributed by atoms with Crippen LogP contribution in [0.15, 0.2) is 86.4 Å². The molecule has 4 aromatic heterocycles. The molecule has 0 atom stereocenters. The summed E-state index contributed by atoms with van der Waals surface area (Å²) < 4.78 is 3.77.